The van der Waals surface area contributed by atoms with Gasteiger partial charge in [-0.15, -0.1) is 0 Å². The van der Waals surface area contributed by atoms with Crippen molar-refractivity contribution in [2.24, 2.45) is 5.73 Å². The van der Waals surface area contributed by atoms with E-state index < -0.39 is 0 Å². The molecule has 0 heterocycles. The summed E-state index contributed by atoms with van der Waals surface area (Å²) < 4.78 is 0. The van der Waals surface area contributed by atoms with Gasteiger partial charge < -0.3 is 5.73 Å². The summed E-state index contributed by atoms with van der Waals surface area (Å²) in [5.74, 6) is 0. The largest absolute Gasteiger partial charge is 0.325 e. The van der Waals surface area contributed by atoms with Crippen molar-refractivity contribution in [2.45, 2.75) is 38.6 Å². The third-order valence-electron chi connectivity index (χ3n) is 3.74. The van der Waals surface area contributed by atoms with Gasteiger partial charge in [0.25, 0.3) is 0 Å². The molecule has 0 fully saturated rings. The maximum absolute atomic E-state index is 6.61. The van der Waals surface area contributed by atoms with E-state index in [1.54, 1.807) is 0 Å². The number of nitrogens with two attached hydrogens (primary N) is 1. The van der Waals surface area contributed by atoms with Gasteiger partial charge in [0.2, 0.25) is 0 Å². The van der Waals surface area contributed by atoms with Gasteiger partial charge in [-0.2, -0.15) is 0 Å². The molecule has 2 rings (SSSR count). The molecule has 0 saturated heterocycles. The number of rotatable bonds is 5. The summed E-state index contributed by atoms with van der Waals surface area (Å²) in [5.41, 5.74) is 10.4. The lowest BCUT2D eigenvalue weighted by molar-refractivity contribution is 0.404. The zero-order valence-electron chi connectivity index (χ0n) is 11.9. The van der Waals surface area contributed by atoms with Crippen LogP contribution in [0.15, 0.2) is 54.6 Å². The van der Waals surface area contributed by atoms with Crippen LogP contribution < -0.4 is 5.73 Å². The minimum absolute atomic E-state index is 0.158. The van der Waals surface area contributed by atoms with E-state index in [0.717, 1.165) is 19.3 Å². The van der Waals surface area contributed by atoms with Crippen molar-refractivity contribution in [3.05, 3.63) is 71.3 Å². The molecular formula is C18H23N. The van der Waals surface area contributed by atoms with E-state index in [-0.39, 0.29) is 5.54 Å². The molecule has 2 aromatic carbocycles. The second-order valence-corrected chi connectivity index (χ2v) is 5.54. The maximum Gasteiger partial charge on any atom is 0.0233 e. The van der Waals surface area contributed by atoms with Gasteiger partial charge in [0.15, 0.2) is 0 Å². The van der Waals surface area contributed by atoms with Gasteiger partial charge in [-0.1, -0.05) is 67.1 Å². The van der Waals surface area contributed by atoms with Crippen LogP contribution in [-0.2, 0) is 12.8 Å². The van der Waals surface area contributed by atoms with Crippen molar-refractivity contribution < 1.29 is 0 Å². The number of hydrogen-bond donors (Lipinski definition) is 1. The molecule has 0 aromatic heterocycles. The van der Waals surface area contributed by atoms with Crippen LogP contribution in [-0.4, -0.2) is 5.54 Å². The van der Waals surface area contributed by atoms with Gasteiger partial charge in [-0.3, -0.25) is 0 Å². The SMILES string of the molecule is CCC(N)(Cc1ccccc1)Cc1cccc(C)c1. The van der Waals surface area contributed by atoms with E-state index in [0.29, 0.717) is 0 Å². The first-order valence-corrected chi connectivity index (χ1v) is 7.00. The van der Waals surface area contributed by atoms with Crippen LogP contribution in [0.1, 0.15) is 30.0 Å². The van der Waals surface area contributed by atoms with Crippen LogP contribution in [0, 0.1) is 6.92 Å². The lowest BCUT2D eigenvalue weighted by atomic mass is 9.83. The maximum atomic E-state index is 6.61. The Bertz CT molecular complexity index is 518. The van der Waals surface area contributed by atoms with Gasteiger partial charge in [0, 0.05) is 5.54 Å². The average molecular weight is 253 g/mol. The lowest BCUT2D eigenvalue weighted by Crippen LogP contribution is -2.43. The Hall–Kier alpha value is -1.60. The molecule has 0 amide bonds. The van der Waals surface area contributed by atoms with Crippen molar-refractivity contribution in [3.8, 4) is 0 Å². The minimum Gasteiger partial charge on any atom is -0.325 e. The van der Waals surface area contributed by atoms with Crippen LogP contribution in [0.2, 0.25) is 0 Å². The predicted octanol–water partition coefficient (Wildman–Crippen LogP) is 3.89. The van der Waals surface area contributed by atoms with Crippen LogP contribution in [0.25, 0.3) is 0 Å². The van der Waals surface area contributed by atoms with Crippen LogP contribution >= 0.6 is 0 Å². The zero-order chi connectivity index (χ0) is 13.7. The Labute approximate surface area is 116 Å². The topological polar surface area (TPSA) is 26.0 Å². The van der Waals surface area contributed by atoms with Crippen LogP contribution in [0.4, 0.5) is 0 Å². The second-order valence-electron chi connectivity index (χ2n) is 5.54. The summed E-state index contributed by atoms with van der Waals surface area (Å²) in [6.07, 6.45) is 2.84. The number of aryl methyl sites for hydroxylation is 1. The highest BCUT2D eigenvalue weighted by Gasteiger charge is 2.23. The molecule has 100 valence electrons. The summed E-state index contributed by atoms with van der Waals surface area (Å²) in [4.78, 5) is 0. The van der Waals surface area contributed by atoms with Crippen LogP contribution in [0.5, 0.6) is 0 Å². The first kappa shape index (κ1) is 13.8. The number of benzene rings is 2. The summed E-state index contributed by atoms with van der Waals surface area (Å²) in [7, 11) is 0. The molecule has 1 atom stereocenters. The third kappa shape index (κ3) is 3.93. The van der Waals surface area contributed by atoms with Crippen molar-refractivity contribution in [1.29, 1.82) is 0 Å². The molecule has 0 spiro atoms. The highest BCUT2D eigenvalue weighted by atomic mass is 14.7. The average Bonchev–Trinajstić information content (AvgIpc) is 2.40. The van der Waals surface area contributed by atoms with Crippen molar-refractivity contribution in [2.75, 3.05) is 0 Å². The fourth-order valence-electron chi connectivity index (χ4n) is 2.54. The molecule has 2 aromatic rings. The first-order chi connectivity index (χ1) is 9.11. The summed E-state index contributed by atoms with van der Waals surface area (Å²) in [6, 6.07) is 19.2. The molecule has 0 saturated carbocycles. The molecule has 1 nitrogen and oxygen atoms in total. The minimum atomic E-state index is -0.158. The highest BCUT2D eigenvalue weighted by molar-refractivity contribution is 5.25. The Morgan fingerprint density at radius 1 is 0.895 bits per heavy atom. The molecule has 0 aliphatic rings. The van der Waals surface area contributed by atoms with E-state index in [9.17, 15) is 0 Å². The van der Waals surface area contributed by atoms with Crippen molar-refractivity contribution in [1.82, 2.24) is 0 Å². The highest BCUT2D eigenvalue weighted by Crippen LogP contribution is 2.20. The van der Waals surface area contributed by atoms with Crippen LogP contribution in [0.3, 0.4) is 0 Å². The number of hydrogen-bond acceptors (Lipinski definition) is 1. The fraction of sp³-hybridized carbons (Fsp3) is 0.333. The fourth-order valence-corrected chi connectivity index (χ4v) is 2.54. The monoisotopic (exact) mass is 253 g/mol. The predicted molar refractivity (Wildman–Crippen MR) is 82.2 cm³/mol. The second kappa shape index (κ2) is 6.03. The smallest absolute Gasteiger partial charge is 0.0233 e. The van der Waals surface area contributed by atoms with Crippen molar-refractivity contribution in [3.63, 3.8) is 0 Å². The molecule has 0 aliphatic carbocycles. The Balaban J connectivity index is 2.14. The van der Waals surface area contributed by atoms with E-state index in [4.69, 9.17) is 5.73 Å². The molecule has 0 radical (unpaired) electrons. The molecule has 0 aliphatic heterocycles. The molecular weight excluding hydrogens is 230 g/mol. The summed E-state index contributed by atoms with van der Waals surface area (Å²) in [5, 5.41) is 0. The molecule has 2 N–H and O–H groups in total. The third-order valence-corrected chi connectivity index (χ3v) is 3.74. The van der Waals surface area contributed by atoms with Gasteiger partial charge in [-0.05, 0) is 37.3 Å². The lowest BCUT2D eigenvalue weighted by Gasteiger charge is -2.29. The van der Waals surface area contributed by atoms with Gasteiger partial charge in [0.1, 0.15) is 0 Å². The zero-order valence-corrected chi connectivity index (χ0v) is 11.9. The molecule has 1 heteroatoms. The van der Waals surface area contributed by atoms with Gasteiger partial charge in [0.05, 0.1) is 0 Å². The Morgan fingerprint density at radius 3 is 2.16 bits per heavy atom. The Kier molecular flexibility index (Phi) is 4.39. The quantitative estimate of drug-likeness (QED) is 0.859. The van der Waals surface area contributed by atoms with E-state index in [2.05, 4.69) is 62.4 Å². The summed E-state index contributed by atoms with van der Waals surface area (Å²) >= 11 is 0. The van der Waals surface area contributed by atoms with E-state index >= 15 is 0 Å². The first-order valence-electron chi connectivity index (χ1n) is 7.00. The van der Waals surface area contributed by atoms with Gasteiger partial charge >= 0.3 is 0 Å². The van der Waals surface area contributed by atoms with Crippen molar-refractivity contribution >= 4 is 0 Å². The summed E-state index contributed by atoms with van der Waals surface area (Å²) in [6.45, 7) is 4.31. The normalized spacial score (nSPS) is 14.1. The van der Waals surface area contributed by atoms with Gasteiger partial charge in [-0.25, -0.2) is 0 Å². The molecule has 0 bridgehead atoms. The van der Waals surface area contributed by atoms with E-state index in [1.165, 1.54) is 16.7 Å². The molecule has 1 unspecified atom stereocenters. The standard InChI is InChI=1S/C18H23N/c1-3-18(19,13-16-9-5-4-6-10-16)14-17-11-7-8-15(2)12-17/h4-12H,3,13-14,19H2,1-2H3. The van der Waals surface area contributed by atoms with E-state index in [1.807, 2.05) is 6.07 Å². The molecule has 19 heavy (non-hydrogen) atoms. The Morgan fingerprint density at radius 2 is 1.53 bits per heavy atom.